The molecule has 0 spiro atoms. The van der Waals surface area contributed by atoms with Gasteiger partial charge in [-0.3, -0.25) is 0 Å². The van der Waals surface area contributed by atoms with Crippen molar-refractivity contribution in [3.8, 4) is 5.75 Å². The van der Waals surface area contributed by atoms with E-state index in [1.807, 2.05) is 31.2 Å². The first-order valence-electron chi connectivity index (χ1n) is 9.94. The smallest absolute Gasteiger partial charge is 0.191 e. The second-order valence-electron chi connectivity index (χ2n) is 6.63. The van der Waals surface area contributed by atoms with Crippen molar-refractivity contribution < 1.29 is 9.47 Å². The van der Waals surface area contributed by atoms with E-state index < -0.39 is 0 Å². The Kier molecular flexibility index (Phi) is 10.2. The summed E-state index contributed by atoms with van der Waals surface area (Å²) in [6, 6.07) is 7.96. The van der Waals surface area contributed by atoms with Crippen LogP contribution in [0.4, 0.5) is 0 Å². The van der Waals surface area contributed by atoms with Crippen LogP contribution in [-0.2, 0) is 30.8 Å². The topological polar surface area (TPSA) is 85.6 Å². The SMILES string of the molecule is CCOCCCNC(=NCc1ccc(OC)cc1)NCc1nnc2n1CCC2.I. The van der Waals surface area contributed by atoms with Crippen LogP contribution < -0.4 is 15.4 Å². The van der Waals surface area contributed by atoms with Crippen molar-refractivity contribution in [2.24, 2.45) is 4.99 Å². The van der Waals surface area contributed by atoms with E-state index in [4.69, 9.17) is 14.5 Å². The van der Waals surface area contributed by atoms with Gasteiger partial charge in [0, 0.05) is 32.7 Å². The molecule has 0 amide bonds. The standard InChI is InChI=1S/C20H30N6O2.HI/c1-3-28-13-5-11-21-20(22-14-16-7-9-17(27-2)10-8-16)23-15-19-25-24-18-6-4-12-26(18)19;/h7-10H,3-6,11-15H2,1-2H3,(H2,21,22,23);1H. The van der Waals surface area contributed by atoms with Gasteiger partial charge in [0.05, 0.1) is 20.2 Å². The number of nitrogens with zero attached hydrogens (tertiary/aromatic N) is 4. The number of aromatic nitrogens is 3. The Morgan fingerprint density at radius 1 is 1.21 bits per heavy atom. The lowest BCUT2D eigenvalue weighted by Gasteiger charge is -2.13. The highest BCUT2D eigenvalue weighted by Gasteiger charge is 2.17. The van der Waals surface area contributed by atoms with Gasteiger partial charge in [0.15, 0.2) is 11.8 Å². The second kappa shape index (κ2) is 12.6. The number of ether oxygens (including phenoxy) is 2. The minimum atomic E-state index is 0. The molecule has 2 heterocycles. The number of hydrogen-bond donors (Lipinski definition) is 2. The van der Waals surface area contributed by atoms with Crippen LogP contribution in [0.25, 0.3) is 0 Å². The van der Waals surface area contributed by atoms with E-state index in [0.717, 1.165) is 74.5 Å². The van der Waals surface area contributed by atoms with Gasteiger partial charge in [-0.2, -0.15) is 0 Å². The normalized spacial score (nSPS) is 13.0. The highest BCUT2D eigenvalue weighted by Crippen LogP contribution is 2.14. The summed E-state index contributed by atoms with van der Waals surface area (Å²) in [6.45, 7) is 6.48. The average molecular weight is 514 g/mol. The van der Waals surface area contributed by atoms with E-state index >= 15 is 0 Å². The molecular weight excluding hydrogens is 483 g/mol. The van der Waals surface area contributed by atoms with Crippen molar-refractivity contribution in [3.63, 3.8) is 0 Å². The summed E-state index contributed by atoms with van der Waals surface area (Å²) in [6.07, 6.45) is 3.09. The summed E-state index contributed by atoms with van der Waals surface area (Å²) in [4.78, 5) is 4.72. The van der Waals surface area contributed by atoms with Gasteiger partial charge in [-0.1, -0.05) is 12.1 Å². The number of hydrogen-bond acceptors (Lipinski definition) is 5. The molecule has 0 saturated heterocycles. The van der Waals surface area contributed by atoms with Crippen LogP contribution in [0.3, 0.4) is 0 Å². The summed E-state index contributed by atoms with van der Waals surface area (Å²) < 4.78 is 12.8. The Hall–Kier alpha value is -1.88. The summed E-state index contributed by atoms with van der Waals surface area (Å²) >= 11 is 0. The molecule has 1 aliphatic rings. The lowest BCUT2D eigenvalue weighted by Crippen LogP contribution is -2.38. The van der Waals surface area contributed by atoms with Gasteiger partial charge in [-0.05, 0) is 37.5 Å². The van der Waals surface area contributed by atoms with Crippen molar-refractivity contribution in [2.45, 2.75) is 45.8 Å². The van der Waals surface area contributed by atoms with Crippen molar-refractivity contribution in [1.29, 1.82) is 0 Å². The Balaban J connectivity index is 0.00000300. The number of aliphatic imine (C=N–C) groups is 1. The minimum Gasteiger partial charge on any atom is -0.497 e. The molecule has 1 aromatic carbocycles. The average Bonchev–Trinajstić information content (AvgIpc) is 3.34. The number of nitrogens with one attached hydrogen (secondary N) is 2. The van der Waals surface area contributed by atoms with Crippen molar-refractivity contribution in [1.82, 2.24) is 25.4 Å². The molecule has 0 aliphatic carbocycles. The Bertz CT molecular complexity index is 763. The molecule has 1 aromatic heterocycles. The Morgan fingerprint density at radius 3 is 2.79 bits per heavy atom. The number of methoxy groups -OCH3 is 1. The van der Waals surface area contributed by atoms with Crippen molar-refractivity contribution in [3.05, 3.63) is 41.5 Å². The molecule has 3 rings (SSSR count). The van der Waals surface area contributed by atoms with Gasteiger partial charge in [-0.15, -0.1) is 34.2 Å². The van der Waals surface area contributed by atoms with Gasteiger partial charge in [-0.25, -0.2) is 4.99 Å². The van der Waals surface area contributed by atoms with Crippen LogP contribution >= 0.6 is 24.0 Å². The third-order valence-corrected chi connectivity index (χ3v) is 4.64. The molecule has 0 radical (unpaired) electrons. The molecule has 9 heteroatoms. The van der Waals surface area contributed by atoms with E-state index in [2.05, 4.69) is 25.4 Å². The van der Waals surface area contributed by atoms with Crippen molar-refractivity contribution >= 4 is 29.9 Å². The number of benzene rings is 1. The zero-order valence-corrected chi connectivity index (χ0v) is 19.5. The predicted molar refractivity (Wildman–Crippen MR) is 124 cm³/mol. The van der Waals surface area contributed by atoms with Crippen LogP contribution in [0.2, 0.25) is 0 Å². The molecule has 2 N–H and O–H groups in total. The molecule has 0 fully saturated rings. The van der Waals surface area contributed by atoms with E-state index in [1.165, 1.54) is 0 Å². The molecule has 0 atom stereocenters. The number of fused-ring (bicyclic) bond motifs is 1. The number of rotatable bonds is 10. The summed E-state index contributed by atoms with van der Waals surface area (Å²) in [7, 11) is 1.67. The van der Waals surface area contributed by atoms with Gasteiger partial charge < -0.3 is 24.7 Å². The monoisotopic (exact) mass is 514 g/mol. The highest BCUT2D eigenvalue weighted by molar-refractivity contribution is 14.0. The summed E-state index contributed by atoms with van der Waals surface area (Å²) in [5.41, 5.74) is 1.12. The first kappa shape index (κ1) is 23.4. The van der Waals surface area contributed by atoms with Crippen molar-refractivity contribution in [2.75, 3.05) is 26.9 Å². The molecule has 8 nitrogen and oxygen atoms in total. The maximum atomic E-state index is 5.40. The Morgan fingerprint density at radius 2 is 2.03 bits per heavy atom. The lowest BCUT2D eigenvalue weighted by atomic mass is 10.2. The third-order valence-electron chi connectivity index (χ3n) is 4.64. The molecule has 0 bridgehead atoms. The fraction of sp³-hybridized carbons (Fsp3) is 0.550. The maximum absolute atomic E-state index is 5.40. The number of guanidine groups is 1. The molecular formula is C20H31IN6O2. The van der Waals surface area contributed by atoms with Crippen LogP contribution in [0, 0.1) is 0 Å². The van der Waals surface area contributed by atoms with Gasteiger partial charge in [0.1, 0.15) is 11.6 Å². The van der Waals surface area contributed by atoms with Crippen LogP contribution in [-0.4, -0.2) is 47.6 Å². The molecule has 1 aliphatic heterocycles. The van der Waals surface area contributed by atoms with Gasteiger partial charge >= 0.3 is 0 Å². The number of halogens is 1. The predicted octanol–water partition coefficient (Wildman–Crippen LogP) is 2.51. The highest BCUT2D eigenvalue weighted by atomic mass is 127. The molecule has 0 saturated carbocycles. The van der Waals surface area contributed by atoms with E-state index in [9.17, 15) is 0 Å². The molecule has 29 heavy (non-hydrogen) atoms. The van der Waals surface area contributed by atoms with E-state index in [-0.39, 0.29) is 24.0 Å². The van der Waals surface area contributed by atoms with E-state index in [0.29, 0.717) is 13.1 Å². The summed E-state index contributed by atoms with van der Waals surface area (Å²) in [5, 5.41) is 15.3. The summed E-state index contributed by atoms with van der Waals surface area (Å²) in [5.74, 6) is 3.66. The minimum absolute atomic E-state index is 0. The third kappa shape index (κ3) is 7.14. The van der Waals surface area contributed by atoms with Gasteiger partial charge in [0.25, 0.3) is 0 Å². The van der Waals surface area contributed by atoms with E-state index in [1.54, 1.807) is 7.11 Å². The molecule has 160 valence electrons. The number of aryl methyl sites for hydroxylation is 1. The first-order chi connectivity index (χ1) is 13.8. The first-order valence-corrected chi connectivity index (χ1v) is 9.94. The largest absolute Gasteiger partial charge is 0.497 e. The fourth-order valence-corrected chi connectivity index (χ4v) is 3.11. The molecule has 0 unspecified atom stereocenters. The van der Waals surface area contributed by atoms with Crippen LogP contribution in [0.15, 0.2) is 29.3 Å². The quantitative estimate of drug-likeness (QED) is 0.220. The van der Waals surface area contributed by atoms with Crippen LogP contribution in [0.5, 0.6) is 5.75 Å². The lowest BCUT2D eigenvalue weighted by molar-refractivity contribution is 0.145. The fourth-order valence-electron chi connectivity index (χ4n) is 3.11. The van der Waals surface area contributed by atoms with Gasteiger partial charge in [0.2, 0.25) is 0 Å². The maximum Gasteiger partial charge on any atom is 0.191 e. The zero-order valence-electron chi connectivity index (χ0n) is 17.2. The van der Waals surface area contributed by atoms with Crippen LogP contribution in [0.1, 0.15) is 37.0 Å². The second-order valence-corrected chi connectivity index (χ2v) is 6.63. The Labute approximate surface area is 189 Å². The molecule has 2 aromatic rings. The zero-order chi connectivity index (χ0) is 19.6.